The number of hydrogen-bond acceptors (Lipinski definition) is 1. The Morgan fingerprint density at radius 2 is 2.15 bits per heavy atom. The maximum Gasteiger partial charge on any atom is 0.133 e. The van der Waals surface area contributed by atoms with Gasteiger partial charge < -0.3 is 0 Å². The highest BCUT2D eigenvalue weighted by Gasteiger charge is 2.42. The molecule has 1 aliphatic rings. The zero-order valence-electron chi connectivity index (χ0n) is 7.46. The molecule has 0 bridgehead atoms. The van der Waals surface area contributed by atoms with Crippen molar-refractivity contribution in [3.05, 3.63) is 34.3 Å². The first-order chi connectivity index (χ1) is 6.20. The Kier molecular flexibility index (Phi) is 2.24. The van der Waals surface area contributed by atoms with Gasteiger partial charge in [0, 0.05) is 10.4 Å². The van der Waals surface area contributed by atoms with Gasteiger partial charge in [-0.1, -0.05) is 34.1 Å². The summed E-state index contributed by atoms with van der Waals surface area (Å²) in [5.74, 6) is 1.06. The average Bonchev–Trinajstić information content (AvgIpc) is 2.84. The Bertz CT molecular complexity index is 346. The van der Waals surface area contributed by atoms with Crippen LogP contribution in [0.4, 0.5) is 0 Å². The van der Waals surface area contributed by atoms with Gasteiger partial charge in [0.2, 0.25) is 0 Å². The molecule has 1 aliphatic carbocycles. The molecule has 1 fully saturated rings. The van der Waals surface area contributed by atoms with Crippen molar-refractivity contribution >= 4 is 21.7 Å². The molecule has 2 atom stereocenters. The molecule has 0 N–H and O–H groups in total. The lowest BCUT2D eigenvalue weighted by molar-refractivity contribution is -0.118. The molecule has 0 unspecified atom stereocenters. The van der Waals surface area contributed by atoms with Crippen LogP contribution >= 0.6 is 15.9 Å². The maximum atomic E-state index is 11.1. The van der Waals surface area contributed by atoms with Crippen molar-refractivity contribution in [1.82, 2.24) is 0 Å². The van der Waals surface area contributed by atoms with E-state index < -0.39 is 0 Å². The lowest BCUT2D eigenvalue weighted by Gasteiger charge is -2.01. The highest BCUT2D eigenvalue weighted by molar-refractivity contribution is 9.10. The van der Waals surface area contributed by atoms with Crippen molar-refractivity contribution in [3.63, 3.8) is 0 Å². The van der Waals surface area contributed by atoms with E-state index in [-0.39, 0.29) is 5.92 Å². The zero-order valence-corrected chi connectivity index (χ0v) is 9.04. The summed E-state index contributed by atoms with van der Waals surface area (Å²) >= 11 is 3.50. The average molecular weight is 239 g/mol. The second-order valence-electron chi connectivity index (χ2n) is 3.58. The molecule has 13 heavy (non-hydrogen) atoms. The number of hydrogen-bond donors (Lipinski definition) is 0. The van der Waals surface area contributed by atoms with E-state index in [1.165, 1.54) is 5.56 Å². The topological polar surface area (TPSA) is 17.1 Å². The number of Topliss-reactive ketones (excluding diaryl/α,β-unsaturated/α-hetero) is 1. The van der Waals surface area contributed by atoms with Crippen LogP contribution < -0.4 is 0 Å². The summed E-state index contributed by atoms with van der Waals surface area (Å²) < 4.78 is 1.13. The van der Waals surface area contributed by atoms with E-state index in [1.54, 1.807) is 6.92 Å². The number of carbonyl (C=O) groups is 1. The molecule has 0 radical (unpaired) electrons. The van der Waals surface area contributed by atoms with E-state index in [2.05, 4.69) is 22.0 Å². The van der Waals surface area contributed by atoms with Gasteiger partial charge >= 0.3 is 0 Å². The maximum absolute atomic E-state index is 11.1. The third-order valence-corrected chi connectivity index (χ3v) is 3.34. The van der Waals surface area contributed by atoms with Gasteiger partial charge in [-0.25, -0.2) is 0 Å². The highest BCUT2D eigenvalue weighted by atomic mass is 79.9. The molecule has 0 spiro atoms. The Labute approximate surface area is 86.3 Å². The van der Waals surface area contributed by atoms with Gasteiger partial charge in [0.1, 0.15) is 5.78 Å². The van der Waals surface area contributed by atoms with Crippen LogP contribution in [0.15, 0.2) is 28.7 Å². The Hall–Kier alpha value is -0.630. The summed E-state index contributed by atoms with van der Waals surface area (Å²) in [6.45, 7) is 1.68. The van der Waals surface area contributed by atoms with Crippen LogP contribution in [0.3, 0.4) is 0 Å². The number of carbonyl (C=O) groups excluding carboxylic acids is 1. The second kappa shape index (κ2) is 3.26. The summed E-state index contributed by atoms with van der Waals surface area (Å²) in [6, 6.07) is 8.15. The molecule has 1 saturated carbocycles. The predicted molar refractivity (Wildman–Crippen MR) is 55.7 cm³/mol. The van der Waals surface area contributed by atoms with Gasteiger partial charge in [-0.3, -0.25) is 4.79 Å². The van der Waals surface area contributed by atoms with Crippen molar-refractivity contribution in [1.29, 1.82) is 0 Å². The quantitative estimate of drug-likeness (QED) is 0.774. The molecule has 2 heteroatoms. The molecule has 1 aromatic rings. The molecule has 68 valence electrons. The zero-order chi connectivity index (χ0) is 9.42. The number of benzene rings is 1. The van der Waals surface area contributed by atoms with E-state index in [1.807, 2.05) is 18.2 Å². The minimum absolute atomic E-state index is 0.277. The van der Waals surface area contributed by atoms with Crippen LogP contribution in [-0.2, 0) is 4.79 Å². The highest BCUT2D eigenvalue weighted by Crippen LogP contribution is 2.49. The Balaban J connectivity index is 2.21. The molecule has 0 amide bonds. The summed E-state index contributed by atoms with van der Waals surface area (Å²) in [5.41, 5.74) is 1.28. The van der Waals surface area contributed by atoms with E-state index in [4.69, 9.17) is 0 Å². The number of halogens is 1. The smallest absolute Gasteiger partial charge is 0.133 e. The van der Waals surface area contributed by atoms with Gasteiger partial charge in [0.15, 0.2) is 0 Å². The molecule has 2 rings (SSSR count). The van der Waals surface area contributed by atoms with Crippen LogP contribution in [0.25, 0.3) is 0 Å². The fraction of sp³-hybridized carbons (Fsp3) is 0.364. The van der Waals surface area contributed by atoms with E-state index >= 15 is 0 Å². The third-order valence-electron chi connectivity index (χ3n) is 2.62. The summed E-state index contributed by atoms with van der Waals surface area (Å²) in [4.78, 5) is 11.1. The van der Waals surface area contributed by atoms with E-state index in [0.717, 1.165) is 10.9 Å². The molecule has 1 aromatic carbocycles. The van der Waals surface area contributed by atoms with Gasteiger partial charge in [0.25, 0.3) is 0 Å². The van der Waals surface area contributed by atoms with E-state index in [0.29, 0.717) is 11.7 Å². The summed E-state index contributed by atoms with van der Waals surface area (Å²) in [5, 5.41) is 0. The van der Waals surface area contributed by atoms with Gasteiger partial charge in [0.05, 0.1) is 0 Å². The third kappa shape index (κ3) is 1.68. The van der Waals surface area contributed by atoms with Gasteiger partial charge in [-0.2, -0.15) is 0 Å². The molecule has 0 heterocycles. The fourth-order valence-electron chi connectivity index (χ4n) is 1.76. The molecule has 0 aliphatic heterocycles. The van der Waals surface area contributed by atoms with Gasteiger partial charge in [-0.05, 0) is 30.9 Å². The van der Waals surface area contributed by atoms with Crippen molar-refractivity contribution < 1.29 is 4.79 Å². The molecule has 0 aromatic heterocycles. The number of rotatable bonds is 2. The van der Waals surface area contributed by atoms with Crippen LogP contribution in [-0.4, -0.2) is 5.78 Å². The van der Waals surface area contributed by atoms with Crippen LogP contribution in [0.5, 0.6) is 0 Å². The van der Waals surface area contributed by atoms with Crippen molar-refractivity contribution in [2.45, 2.75) is 19.3 Å². The molecular weight excluding hydrogens is 228 g/mol. The first-order valence-corrected chi connectivity index (χ1v) is 5.24. The monoisotopic (exact) mass is 238 g/mol. The van der Waals surface area contributed by atoms with E-state index in [9.17, 15) is 4.79 Å². The molecule has 1 nitrogen and oxygen atoms in total. The predicted octanol–water partition coefficient (Wildman–Crippen LogP) is 3.14. The first kappa shape index (κ1) is 8.95. The fourth-order valence-corrected chi connectivity index (χ4v) is 2.34. The van der Waals surface area contributed by atoms with Crippen molar-refractivity contribution in [2.24, 2.45) is 5.92 Å². The standard InChI is InChI=1S/C11H11BrO/c1-7(13)9-6-10(9)8-4-2-3-5-11(8)12/h2-5,9-10H,6H2,1H3/t9-,10-/m0/s1. The minimum Gasteiger partial charge on any atom is -0.300 e. The number of ketones is 1. The lowest BCUT2D eigenvalue weighted by atomic mass is 10.1. The minimum atomic E-state index is 0.277. The van der Waals surface area contributed by atoms with Crippen LogP contribution in [0.1, 0.15) is 24.8 Å². The second-order valence-corrected chi connectivity index (χ2v) is 4.44. The van der Waals surface area contributed by atoms with Crippen molar-refractivity contribution in [3.8, 4) is 0 Å². The first-order valence-electron chi connectivity index (χ1n) is 4.45. The molecular formula is C11H11BrO. The Morgan fingerprint density at radius 1 is 1.46 bits per heavy atom. The molecule has 0 saturated heterocycles. The van der Waals surface area contributed by atoms with Crippen LogP contribution in [0.2, 0.25) is 0 Å². The normalized spacial score (nSPS) is 25.7. The van der Waals surface area contributed by atoms with Crippen molar-refractivity contribution in [2.75, 3.05) is 0 Å². The largest absolute Gasteiger partial charge is 0.300 e. The summed E-state index contributed by atoms with van der Waals surface area (Å²) in [7, 11) is 0. The van der Waals surface area contributed by atoms with Gasteiger partial charge in [-0.15, -0.1) is 0 Å². The summed E-state index contributed by atoms with van der Waals surface area (Å²) in [6.07, 6.45) is 1.03. The van der Waals surface area contributed by atoms with Crippen LogP contribution in [0, 0.1) is 5.92 Å². The lowest BCUT2D eigenvalue weighted by Crippen LogP contribution is -1.94. The Morgan fingerprint density at radius 3 is 2.69 bits per heavy atom. The SMILES string of the molecule is CC(=O)[C@@H]1C[C@H]1c1ccccc1Br.